The minimum absolute atomic E-state index is 0.0525. The fourth-order valence-electron chi connectivity index (χ4n) is 7.21. The van der Waals surface area contributed by atoms with Crippen LogP contribution in [0.2, 0.25) is 0 Å². The lowest BCUT2D eigenvalue weighted by Gasteiger charge is -2.21. The van der Waals surface area contributed by atoms with Gasteiger partial charge in [0.05, 0.1) is 19.8 Å². The highest BCUT2D eigenvalue weighted by Crippen LogP contribution is 2.43. The van der Waals surface area contributed by atoms with E-state index < -0.39 is 57.8 Å². The molecule has 0 fully saturated rings. The lowest BCUT2D eigenvalue weighted by molar-refractivity contribution is -0.161. The number of aliphatic hydroxyl groups is 1. The maximum atomic E-state index is 12.9. The summed E-state index contributed by atoms with van der Waals surface area (Å²) in [5, 5.41) is 9.77. The van der Waals surface area contributed by atoms with E-state index in [0.29, 0.717) is 19.3 Å². The van der Waals surface area contributed by atoms with Gasteiger partial charge in [0, 0.05) is 19.3 Å². The molecule has 0 aliphatic rings. The van der Waals surface area contributed by atoms with Gasteiger partial charge in [0.2, 0.25) is 0 Å². The minimum atomic E-state index is -4.77. The molecule has 402 valence electrons. The number of rotatable bonds is 50. The number of unbranched alkanes of at least 4 members (excludes halogenated alkanes) is 19. The van der Waals surface area contributed by atoms with Crippen molar-refractivity contribution in [3.8, 4) is 0 Å². The van der Waals surface area contributed by atoms with Crippen LogP contribution in [0.25, 0.3) is 0 Å². The highest BCUT2D eigenvalue weighted by Gasteiger charge is 2.28. The molecule has 70 heavy (non-hydrogen) atoms. The van der Waals surface area contributed by atoms with E-state index in [-0.39, 0.29) is 25.9 Å². The van der Waals surface area contributed by atoms with Crippen LogP contribution in [0.1, 0.15) is 226 Å². The molecule has 0 heterocycles. The summed E-state index contributed by atoms with van der Waals surface area (Å²) in [7, 11) is -4.77. The van der Waals surface area contributed by atoms with E-state index in [1.54, 1.807) is 0 Å². The molecule has 0 amide bonds. The van der Waals surface area contributed by atoms with E-state index in [2.05, 4.69) is 93.7 Å². The van der Waals surface area contributed by atoms with Gasteiger partial charge in [0.15, 0.2) is 6.10 Å². The summed E-state index contributed by atoms with van der Waals surface area (Å²) in [6.07, 6.45) is 58.5. The van der Waals surface area contributed by atoms with Crippen molar-refractivity contribution in [1.29, 1.82) is 0 Å². The summed E-state index contributed by atoms with van der Waals surface area (Å²) in [5.74, 6) is -1.57. The van der Waals surface area contributed by atoms with Crippen LogP contribution in [0.15, 0.2) is 85.1 Å². The quantitative estimate of drug-likeness (QED) is 0.0197. The fraction of sp³-hybridized carbons (Fsp3) is 0.707. The molecule has 0 bridgehead atoms. The van der Waals surface area contributed by atoms with Crippen molar-refractivity contribution >= 4 is 25.7 Å². The molecule has 0 spiro atoms. The molecule has 11 nitrogen and oxygen atoms in total. The average Bonchev–Trinajstić information content (AvgIpc) is 3.35. The Labute approximate surface area is 426 Å². The molecular formula is C58H99O11P. The lowest BCUT2D eigenvalue weighted by atomic mass is 10.0. The fourth-order valence-corrected chi connectivity index (χ4v) is 7.99. The van der Waals surface area contributed by atoms with Crippen molar-refractivity contribution in [2.45, 2.75) is 238 Å². The molecule has 2 N–H and O–H groups in total. The Kier molecular flexibility index (Phi) is 49.5. The van der Waals surface area contributed by atoms with Crippen molar-refractivity contribution in [3.63, 3.8) is 0 Å². The van der Waals surface area contributed by atoms with Gasteiger partial charge in [-0.3, -0.25) is 23.4 Å². The molecule has 0 rings (SSSR count). The number of aliphatic hydroxyl groups excluding tert-OH is 1. The zero-order valence-corrected chi connectivity index (χ0v) is 45.1. The van der Waals surface area contributed by atoms with E-state index in [1.807, 2.05) is 12.2 Å². The number of carbonyl (C=O) groups excluding carboxylic acids is 3. The first-order valence-electron chi connectivity index (χ1n) is 27.5. The van der Waals surface area contributed by atoms with E-state index in [0.717, 1.165) is 96.3 Å². The van der Waals surface area contributed by atoms with Crippen LogP contribution in [-0.2, 0) is 42.2 Å². The lowest BCUT2D eigenvalue weighted by Crippen LogP contribution is -2.30. The Morgan fingerprint density at radius 3 is 1.23 bits per heavy atom. The molecule has 0 aromatic carbocycles. The highest BCUT2D eigenvalue weighted by atomic mass is 31.2. The molecular weight excluding hydrogens is 904 g/mol. The van der Waals surface area contributed by atoms with Gasteiger partial charge >= 0.3 is 25.7 Å². The van der Waals surface area contributed by atoms with Crippen LogP contribution in [0, 0.1) is 0 Å². The summed E-state index contributed by atoms with van der Waals surface area (Å²) < 4.78 is 39.3. The molecule has 12 heteroatoms. The normalized spacial score (nSPS) is 14.1. The molecule has 0 aromatic heterocycles. The molecule has 0 aromatic rings. The van der Waals surface area contributed by atoms with Crippen molar-refractivity contribution < 1.29 is 52.2 Å². The van der Waals surface area contributed by atoms with Crippen molar-refractivity contribution in [2.75, 3.05) is 26.4 Å². The predicted molar refractivity (Wildman–Crippen MR) is 288 cm³/mol. The highest BCUT2D eigenvalue weighted by molar-refractivity contribution is 7.47. The van der Waals surface area contributed by atoms with Crippen LogP contribution in [0.4, 0.5) is 0 Å². The van der Waals surface area contributed by atoms with Crippen LogP contribution in [0.3, 0.4) is 0 Å². The number of phosphoric acid groups is 1. The Morgan fingerprint density at radius 2 is 0.771 bits per heavy atom. The maximum absolute atomic E-state index is 12.9. The Hall–Kier alpha value is -3.34. The average molecular weight is 1000 g/mol. The van der Waals surface area contributed by atoms with E-state index in [9.17, 15) is 28.9 Å². The summed E-state index contributed by atoms with van der Waals surface area (Å²) >= 11 is 0. The molecule has 3 unspecified atom stereocenters. The van der Waals surface area contributed by atoms with Crippen molar-refractivity contribution in [1.82, 2.24) is 0 Å². The second-order valence-corrected chi connectivity index (χ2v) is 19.4. The van der Waals surface area contributed by atoms with Gasteiger partial charge in [-0.25, -0.2) is 4.57 Å². The van der Waals surface area contributed by atoms with Gasteiger partial charge in [0.25, 0.3) is 0 Å². The Balaban J connectivity index is 4.81. The second kappa shape index (κ2) is 52.0. The van der Waals surface area contributed by atoms with Gasteiger partial charge in [-0.05, 0) is 77.0 Å². The van der Waals surface area contributed by atoms with E-state index >= 15 is 0 Å². The number of ether oxygens (including phenoxy) is 3. The third-order valence-corrected chi connectivity index (χ3v) is 12.3. The molecule has 3 atom stereocenters. The predicted octanol–water partition coefficient (Wildman–Crippen LogP) is 15.9. The first kappa shape index (κ1) is 66.7. The maximum Gasteiger partial charge on any atom is 0.472 e. The van der Waals surface area contributed by atoms with Crippen LogP contribution >= 0.6 is 7.82 Å². The summed E-state index contributed by atoms with van der Waals surface area (Å²) in [6.45, 7) is 4.31. The van der Waals surface area contributed by atoms with Gasteiger partial charge in [-0.1, -0.05) is 215 Å². The summed E-state index contributed by atoms with van der Waals surface area (Å²) in [4.78, 5) is 48.4. The summed E-state index contributed by atoms with van der Waals surface area (Å²) in [5.41, 5.74) is 0. The first-order valence-corrected chi connectivity index (χ1v) is 29.0. The minimum Gasteiger partial charge on any atom is -0.462 e. The van der Waals surface area contributed by atoms with Gasteiger partial charge in [-0.2, -0.15) is 0 Å². The summed E-state index contributed by atoms with van der Waals surface area (Å²) in [6, 6.07) is 0. The molecule has 0 saturated carbocycles. The first-order chi connectivity index (χ1) is 34.2. The number of hydrogen-bond donors (Lipinski definition) is 2. The number of hydrogen-bond acceptors (Lipinski definition) is 10. The van der Waals surface area contributed by atoms with Gasteiger partial charge in [0.1, 0.15) is 12.7 Å². The smallest absolute Gasteiger partial charge is 0.462 e. The number of allylic oxidation sites excluding steroid dienone is 14. The monoisotopic (exact) mass is 1000 g/mol. The van der Waals surface area contributed by atoms with Crippen molar-refractivity contribution in [3.05, 3.63) is 85.1 Å². The number of esters is 3. The molecule has 0 radical (unpaired) electrons. The van der Waals surface area contributed by atoms with E-state index in [4.69, 9.17) is 23.3 Å². The topological polar surface area (TPSA) is 155 Å². The SMILES string of the molecule is CC/C=C\C/C=C\C/C=C\C/C=C\CCC(=O)OC(CO)COP(=O)(O)OCC(COC(=O)CCCCCCCCCCCCCCCCC)OC(=O)CCCCCCC/C=C\C/C=C\C/C=C\CC. The van der Waals surface area contributed by atoms with Crippen LogP contribution in [-0.4, -0.2) is 66.5 Å². The Bertz CT molecular complexity index is 1500. The van der Waals surface area contributed by atoms with Crippen LogP contribution < -0.4 is 0 Å². The van der Waals surface area contributed by atoms with E-state index in [1.165, 1.54) is 70.6 Å². The molecule has 0 aliphatic carbocycles. The third-order valence-electron chi connectivity index (χ3n) is 11.3. The third kappa shape index (κ3) is 49.6. The molecule has 0 aliphatic heterocycles. The number of phosphoric ester groups is 1. The number of carbonyl (C=O) groups is 3. The second-order valence-electron chi connectivity index (χ2n) is 18.0. The van der Waals surface area contributed by atoms with Crippen LogP contribution in [0.5, 0.6) is 0 Å². The van der Waals surface area contributed by atoms with Crippen molar-refractivity contribution in [2.24, 2.45) is 0 Å². The Morgan fingerprint density at radius 1 is 0.414 bits per heavy atom. The van der Waals surface area contributed by atoms with Gasteiger partial charge in [-0.15, -0.1) is 0 Å². The zero-order valence-electron chi connectivity index (χ0n) is 44.2. The largest absolute Gasteiger partial charge is 0.472 e. The standard InChI is InChI=1S/C58H99O11P/c1-4-7-10-13-16-19-22-25-27-30-32-35-38-41-44-47-56(60)65-51-55(69-58(62)49-46-43-40-37-34-31-28-26-23-20-17-14-11-8-5-2)53-67-70(63,64)66-52-54(50-59)68-57(61)48-45-42-39-36-33-29-24-21-18-15-12-9-6-3/h8-9,11-12,17-18,20-21,26,28-29,33,39,42,54-55,59H,4-7,10,13-16,19,22-25,27,30-32,34-38,40-41,43-53H2,1-3H3,(H,63,64)/b11-8-,12-9-,20-17-,21-18-,28-26-,33-29-,42-39-. The molecule has 0 saturated heterocycles. The van der Waals surface area contributed by atoms with Gasteiger partial charge < -0.3 is 24.2 Å². The zero-order chi connectivity index (χ0) is 51.3.